The van der Waals surface area contributed by atoms with Crippen LogP contribution >= 0.6 is 0 Å². The van der Waals surface area contributed by atoms with Crippen LogP contribution in [0.4, 0.5) is 0 Å². The largest absolute Gasteiger partial charge is 0.492 e. The van der Waals surface area contributed by atoms with Crippen LogP contribution in [0, 0.1) is 0 Å². The lowest BCUT2D eigenvalue weighted by Crippen LogP contribution is -2.34. The summed E-state index contributed by atoms with van der Waals surface area (Å²) >= 11 is 0. The van der Waals surface area contributed by atoms with E-state index in [1.165, 1.54) is 7.11 Å². The predicted molar refractivity (Wildman–Crippen MR) is 33.7 cm³/mol. The van der Waals surface area contributed by atoms with Crippen LogP contribution in [0.25, 0.3) is 0 Å². The van der Waals surface area contributed by atoms with Crippen LogP contribution in [0.15, 0.2) is 0 Å². The van der Waals surface area contributed by atoms with Crippen LogP contribution in [0.3, 0.4) is 0 Å². The van der Waals surface area contributed by atoms with E-state index >= 15 is 0 Å². The highest BCUT2D eigenvalue weighted by atomic mass is 28.4. The molecule has 9 heavy (non-hydrogen) atoms. The van der Waals surface area contributed by atoms with E-state index in [2.05, 4.69) is 4.74 Å². The number of hydrogen-bond acceptors (Lipinski definition) is 4. The van der Waals surface area contributed by atoms with Gasteiger partial charge in [-0.2, -0.15) is 0 Å². The monoisotopic (exact) mass is 152 g/mol. The molecule has 0 fully saturated rings. The molecule has 0 atom stereocenters. The molecule has 0 radical (unpaired) electrons. The summed E-state index contributed by atoms with van der Waals surface area (Å²) in [6.45, 7) is 0.455. The maximum absolute atomic E-state index is 8.44. The molecular formula is C4H12O4Si. The summed E-state index contributed by atoms with van der Waals surface area (Å²) in [5, 5.41) is 0. The van der Waals surface area contributed by atoms with Gasteiger partial charge in [-0.15, -0.1) is 0 Å². The first kappa shape index (κ1) is 9.06. The van der Waals surface area contributed by atoms with Crippen molar-refractivity contribution in [2.24, 2.45) is 0 Å². The van der Waals surface area contributed by atoms with Gasteiger partial charge in [0.05, 0.1) is 0 Å². The molecule has 0 saturated heterocycles. The molecular weight excluding hydrogens is 140 g/mol. The molecule has 0 rings (SSSR count). The van der Waals surface area contributed by atoms with Crippen LogP contribution in [-0.4, -0.2) is 36.9 Å². The standard InChI is InChI=1S/C4H12O4Si/c1-8-3-2-4-9(5,6)7/h5-7H,2-4H2,1H3. The molecule has 0 unspecified atom stereocenters. The Morgan fingerprint density at radius 1 is 1.33 bits per heavy atom. The third-order valence-electron chi connectivity index (χ3n) is 0.861. The molecule has 0 aromatic rings. The topological polar surface area (TPSA) is 69.9 Å². The molecule has 4 nitrogen and oxygen atoms in total. The van der Waals surface area contributed by atoms with Crippen molar-refractivity contribution in [3.8, 4) is 0 Å². The molecule has 0 amide bonds. The quantitative estimate of drug-likeness (QED) is 0.355. The fourth-order valence-corrected chi connectivity index (χ4v) is 1.07. The third-order valence-corrected chi connectivity index (χ3v) is 1.89. The van der Waals surface area contributed by atoms with Crippen molar-refractivity contribution in [1.29, 1.82) is 0 Å². The zero-order chi connectivity index (χ0) is 7.33. The normalized spacial score (nSPS) is 12.0. The molecule has 0 spiro atoms. The first-order chi connectivity index (χ1) is 4.06. The van der Waals surface area contributed by atoms with Crippen LogP contribution in [0.5, 0.6) is 0 Å². The van der Waals surface area contributed by atoms with E-state index in [0.717, 1.165) is 0 Å². The number of ether oxygens (including phenoxy) is 1. The predicted octanol–water partition coefficient (Wildman–Crippen LogP) is -1.06. The van der Waals surface area contributed by atoms with Crippen LogP contribution in [0.2, 0.25) is 6.04 Å². The van der Waals surface area contributed by atoms with Gasteiger partial charge < -0.3 is 19.1 Å². The summed E-state index contributed by atoms with van der Waals surface area (Å²) in [7, 11) is -2.25. The average molecular weight is 152 g/mol. The maximum Gasteiger partial charge on any atom is 0.492 e. The summed E-state index contributed by atoms with van der Waals surface area (Å²) < 4.78 is 4.63. The minimum absolute atomic E-state index is 0.0564. The molecule has 0 saturated carbocycles. The lowest BCUT2D eigenvalue weighted by atomic mass is 10.5. The van der Waals surface area contributed by atoms with E-state index in [9.17, 15) is 0 Å². The molecule has 5 heteroatoms. The van der Waals surface area contributed by atoms with Crippen molar-refractivity contribution in [2.45, 2.75) is 12.5 Å². The lowest BCUT2D eigenvalue weighted by molar-refractivity contribution is 0.183. The van der Waals surface area contributed by atoms with Crippen LogP contribution in [-0.2, 0) is 4.74 Å². The molecule has 0 aromatic heterocycles. The Kier molecular flexibility index (Phi) is 3.99. The molecule has 3 N–H and O–H groups in total. The Hall–Kier alpha value is 0.0569. The van der Waals surface area contributed by atoms with Gasteiger partial charge >= 0.3 is 8.80 Å². The summed E-state index contributed by atoms with van der Waals surface area (Å²) in [5.41, 5.74) is 0. The van der Waals surface area contributed by atoms with E-state index in [0.29, 0.717) is 13.0 Å². The first-order valence-electron chi connectivity index (χ1n) is 2.72. The van der Waals surface area contributed by atoms with Gasteiger partial charge in [0, 0.05) is 19.8 Å². The minimum Gasteiger partial charge on any atom is -0.390 e. The van der Waals surface area contributed by atoms with Gasteiger partial charge in [-0.25, -0.2) is 0 Å². The van der Waals surface area contributed by atoms with E-state index in [4.69, 9.17) is 14.4 Å². The summed E-state index contributed by atoms with van der Waals surface area (Å²) in [6.07, 6.45) is 0.492. The van der Waals surface area contributed by atoms with E-state index in [1.807, 2.05) is 0 Å². The third kappa shape index (κ3) is 8.06. The van der Waals surface area contributed by atoms with Crippen molar-refractivity contribution in [2.75, 3.05) is 13.7 Å². The van der Waals surface area contributed by atoms with Gasteiger partial charge in [0.25, 0.3) is 0 Å². The highest BCUT2D eigenvalue weighted by Crippen LogP contribution is 1.99. The van der Waals surface area contributed by atoms with Gasteiger partial charge in [0.2, 0.25) is 0 Å². The van der Waals surface area contributed by atoms with Gasteiger partial charge in [-0.1, -0.05) is 0 Å². The second-order valence-corrected chi connectivity index (χ2v) is 3.92. The Balaban J connectivity index is 3.07. The van der Waals surface area contributed by atoms with Crippen molar-refractivity contribution in [1.82, 2.24) is 0 Å². The number of hydrogen-bond donors (Lipinski definition) is 3. The number of rotatable bonds is 4. The smallest absolute Gasteiger partial charge is 0.390 e. The van der Waals surface area contributed by atoms with E-state index < -0.39 is 8.80 Å². The van der Waals surface area contributed by atoms with Crippen LogP contribution in [0.1, 0.15) is 6.42 Å². The second kappa shape index (κ2) is 3.97. The highest BCUT2D eigenvalue weighted by molar-refractivity contribution is 6.56. The van der Waals surface area contributed by atoms with Crippen molar-refractivity contribution >= 4 is 8.80 Å². The summed E-state index contributed by atoms with van der Waals surface area (Å²) in [4.78, 5) is 25.3. The lowest BCUT2D eigenvalue weighted by Gasteiger charge is -2.07. The van der Waals surface area contributed by atoms with Gasteiger partial charge in [-0.05, 0) is 6.42 Å². The van der Waals surface area contributed by atoms with Crippen molar-refractivity contribution in [3.05, 3.63) is 0 Å². The zero-order valence-corrected chi connectivity index (χ0v) is 6.37. The Bertz CT molecular complexity index is 69.5. The molecule has 0 aromatic carbocycles. The van der Waals surface area contributed by atoms with E-state index in [1.54, 1.807) is 0 Å². The van der Waals surface area contributed by atoms with Gasteiger partial charge in [0.1, 0.15) is 0 Å². The summed E-state index contributed by atoms with van der Waals surface area (Å²) in [6, 6.07) is 0.0564. The van der Waals surface area contributed by atoms with E-state index in [-0.39, 0.29) is 6.04 Å². The Labute approximate surface area is 55.1 Å². The highest BCUT2D eigenvalue weighted by Gasteiger charge is 2.25. The molecule has 56 valence electrons. The van der Waals surface area contributed by atoms with Gasteiger partial charge in [0.15, 0.2) is 0 Å². The molecule has 0 aliphatic carbocycles. The van der Waals surface area contributed by atoms with Crippen LogP contribution < -0.4 is 0 Å². The second-order valence-electron chi connectivity index (χ2n) is 1.87. The van der Waals surface area contributed by atoms with Gasteiger partial charge in [-0.3, -0.25) is 0 Å². The molecule has 0 heterocycles. The van der Waals surface area contributed by atoms with Crippen molar-refractivity contribution in [3.63, 3.8) is 0 Å². The molecule has 0 aliphatic heterocycles. The Morgan fingerprint density at radius 2 is 1.89 bits per heavy atom. The summed E-state index contributed by atoms with van der Waals surface area (Å²) in [5.74, 6) is 0. The fraction of sp³-hybridized carbons (Fsp3) is 1.00. The van der Waals surface area contributed by atoms with Crippen molar-refractivity contribution < 1.29 is 19.1 Å². The SMILES string of the molecule is COCCC[Si](O)(O)O. The minimum atomic E-state index is -3.77. The average Bonchev–Trinajstić information content (AvgIpc) is 1.63. The number of methoxy groups -OCH3 is 1. The maximum atomic E-state index is 8.44. The fourth-order valence-electron chi connectivity index (χ4n) is 0.454. The molecule has 0 aliphatic rings. The first-order valence-corrected chi connectivity index (χ1v) is 4.77. The molecule has 0 bridgehead atoms. The Morgan fingerprint density at radius 3 is 2.22 bits per heavy atom. The zero-order valence-electron chi connectivity index (χ0n) is 5.37.